The Morgan fingerprint density at radius 3 is 2.68 bits per heavy atom. The van der Waals surface area contributed by atoms with E-state index in [0.29, 0.717) is 11.6 Å². The Kier molecular flexibility index (Phi) is 4.68. The predicted molar refractivity (Wildman–Crippen MR) is 97.1 cm³/mol. The largest absolute Gasteiger partial charge is 0.507 e. The lowest BCUT2D eigenvalue weighted by Gasteiger charge is -2.39. The number of aromatic hydroxyl groups is 1. The smallest absolute Gasteiger partial charge is 0.258 e. The molecule has 0 radical (unpaired) electrons. The minimum Gasteiger partial charge on any atom is -0.507 e. The lowest BCUT2D eigenvalue weighted by molar-refractivity contribution is -0.121. The molecule has 1 atom stereocenters. The number of carbonyl (C=O) groups is 2. The molecular formula is C19H19ClN2O3. The molecule has 5 nitrogen and oxygen atoms in total. The van der Waals surface area contributed by atoms with Crippen LogP contribution < -0.4 is 4.90 Å². The minimum atomic E-state index is -0.343. The number of hydrogen-bond donors (Lipinski definition) is 1. The number of phenols is 1. The molecule has 130 valence electrons. The Morgan fingerprint density at radius 2 is 2.00 bits per heavy atom. The van der Waals surface area contributed by atoms with E-state index in [9.17, 15) is 14.7 Å². The van der Waals surface area contributed by atoms with Crippen molar-refractivity contribution < 1.29 is 14.7 Å². The van der Waals surface area contributed by atoms with Crippen molar-refractivity contribution in [3.05, 3.63) is 58.6 Å². The number of piperazine rings is 1. The zero-order valence-electron chi connectivity index (χ0n) is 14.1. The fourth-order valence-electron chi connectivity index (χ4n) is 2.99. The number of phenolic OH excluding ortho intramolecular Hbond substituents is 1. The van der Waals surface area contributed by atoms with Crippen molar-refractivity contribution in [1.29, 1.82) is 0 Å². The fourth-order valence-corrected chi connectivity index (χ4v) is 3.18. The Morgan fingerprint density at radius 1 is 1.24 bits per heavy atom. The van der Waals surface area contributed by atoms with Crippen molar-refractivity contribution in [2.24, 2.45) is 0 Å². The molecule has 0 spiro atoms. The third-order valence-electron chi connectivity index (χ3n) is 4.35. The highest BCUT2D eigenvalue weighted by Crippen LogP contribution is 2.26. The van der Waals surface area contributed by atoms with Crippen LogP contribution in [0.3, 0.4) is 0 Å². The Labute approximate surface area is 151 Å². The van der Waals surface area contributed by atoms with Gasteiger partial charge in [-0.1, -0.05) is 23.7 Å². The van der Waals surface area contributed by atoms with Crippen LogP contribution in [0.15, 0.2) is 42.5 Å². The van der Waals surface area contributed by atoms with Crippen molar-refractivity contribution >= 4 is 29.1 Å². The number of benzene rings is 2. The molecule has 1 aliphatic heterocycles. The van der Waals surface area contributed by atoms with Crippen molar-refractivity contribution in [1.82, 2.24) is 4.90 Å². The van der Waals surface area contributed by atoms with Crippen LogP contribution in [0, 0.1) is 6.92 Å². The van der Waals surface area contributed by atoms with E-state index >= 15 is 0 Å². The summed E-state index contributed by atoms with van der Waals surface area (Å²) < 4.78 is 0. The molecular weight excluding hydrogens is 340 g/mol. The average molecular weight is 359 g/mol. The van der Waals surface area contributed by atoms with Crippen LogP contribution in [-0.4, -0.2) is 41.0 Å². The quantitative estimate of drug-likeness (QED) is 0.896. The molecule has 0 unspecified atom stereocenters. The van der Waals surface area contributed by atoms with Gasteiger partial charge in [0.25, 0.3) is 5.91 Å². The lowest BCUT2D eigenvalue weighted by Crippen LogP contribution is -2.57. The van der Waals surface area contributed by atoms with Crippen LogP contribution in [0.2, 0.25) is 5.02 Å². The summed E-state index contributed by atoms with van der Waals surface area (Å²) in [5.41, 5.74) is 1.79. The SMILES string of the molecule is Cc1ccc(C(=O)N2CC(=O)N(c3cccc(Cl)c3)C[C@@H]2C)c(O)c1. The Hall–Kier alpha value is -2.53. The summed E-state index contributed by atoms with van der Waals surface area (Å²) >= 11 is 6.01. The normalized spacial score (nSPS) is 17.7. The van der Waals surface area contributed by atoms with Gasteiger partial charge in [0.05, 0.1) is 5.56 Å². The summed E-state index contributed by atoms with van der Waals surface area (Å²) in [4.78, 5) is 28.5. The molecule has 1 N–H and O–H groups in total. The van der Waals surface area contributed by atoms with Gasteiger partial charge < -0.3 is 14.9 Å². The third-order valence-corrected chi connectivity index (χ3v) is 4.58. The summed E-state index contributed by atoms with van der Waals surface area (Å²) in [5.74, 6) is -0.591. The standard InChI is InChI=1S/C19H19ClN2O3/c1-12-6-7-16(17(23)8-12)19(25)21-11-18(24)22(10-13(21)2)15-5-3-4-14(20)9-15/h3-9,13,23H,10-11H2,1-2H3/t13-/m0/s1. The van der Waals surface area contributed by atoms with Gasteiger partial charge in [0, 0.05) is 23.3 Å². The topological polar surface area (TPSA) is 60.9 Å². The highest BCUT2D eigenvalue weighted by Gasteiger charge is 2.34. The monoisotopic (exact) mass is 358 g/mol. The van der Waals surface area contributed by atoms with Gasteiger partial charge >= 0.3 is 0 Å². The molecule has 0 aliphatic carbocycles. The highest BCUT2D eigenvalue weighted by atomic mass is 35.5. The molecule has 2 amide bonds. The van der Waals surface area contributed by atoms with E-state index in [1.165, 1.54) is 4.90 Å². The summed E-state index contributed by atoms with van der Waals surface area (Å²) in [5, 5.41) is 10.6. The van der Waals surface area contributed by atoms with E-state index in [-0.39, 0.29) is 35.7 Å². The van der Waals surface area contributed by atoms with Crippen LogP contribution in [-0.2, 0) is 4.79 Å². The van der Waals surface area contributed by atoms with Crippen LogP contribution in [0.25, 0.3) is 0 Å². The first-order valence-corrected chi connectivity index (χ1v) is 8.41. The van der Waals surface area contributed by atoms with Gasteiger partial charge in [0.1, 0.15) is 12.3 Å². The number of rotatable bonds is 2. The molecule has 6 heteroatoms. The fraction of sp³-hybridized carbons (Fsp3) is 0.263. The molecule has 2 aromatic carbocycles. The second kappa shape index (κ2) is 6.76. The molecule has 1 fully saturated rings. The van der Waals surface area contributed by atoms with E-state index in [1.807, 2.05) is 19.9 Å². The Balaban J connectivity index is 1.82. The molecule has 1 saturated heterocycles. The second-order valence-electron chi connectivity index (χ2n) is 6.29. The number of amides is 2. The zero-order chi connectivity index (χ0) is 18.1. The third kappa shape index (κ3) is 3.46. The molecule has 0 bridgehead atoms. The minimum absolute atomic E-state index is 0.0418. The van der Waals surface area contributed by atoms with Gasteiger partial charge in [-0.2, -0.15) is 0 Å². The summed E-state index contributed by atoms with van der Waals surface area (Å²) in [6, 6.07) is 11.8. The molecule has 0 aromatic heterocycles. The van der Waals surface area contributed by atoms with E-state index in [1.54, 1.807) is 41.3 Å². The van der Waals surface area contributed by atoms with Gasteiger partial charge in [-0.25, -0.2) is 0 Å². The van der Waals surface area contributed by atoms with Gasteiger partial charge in [0.2, 0.25) is 5.91 Å². The summed E-state index contributed by atoms with van der Waals surface area (Å²) in [6.45, 7) is 4.05. The summed E-state index contributed by atoms with van der Waals surface area (Å²) in [6.07, 6.45) is 0. The number of anilines is 1. The first-order valence-electron chi connectivity index (χ1n) is 8.03. The number of hydrogen-bond acceptors (Lipinski definition) is 3. The van der Waals surface area contributed by atoms with E-state index < -0.39 is 0 Å². The van der Waals surface area contributed by atoms with Crippen molar-refractivity contribution in [3.63, 3.8) is 0 Å². The van der Waals surface area contributed by atoms with Crippen molar-refractivity contribution in [2.45, 2.75) is 19.9 Å². The number of halogens is 1. The average Bonchev–Trinajstić information content (AvgIpc) is 2.56. The number of nitrogens with zero attached hydrogens (tertiary/aromatic N) is 2. The van der Waals surface area contributed by atoms with Gasteiger partial charge in [-0.05, 0) is 49.7 Å². The second-order valence-corrected chi connectivity index (χ2v) is 6.72. The van der Waals surface area contributed by atoms with Crippen LogP contribution in [0.5, 0.6) is 5.75 Å². The van der Waals surface area contributed by atoms with Crippen LogP contribution in [0.1, 0.15) is 22.8 Å². The van der Waals surface area contributed by atoms with E-state index in [0.717, 1.165) is 11.3 Å². The lowest BCUT2D eigenvalue weighted by atomic mass is 10.1. The Bertz CT molecular complexity index is 837. The zero-order valence-corrected chi connectivity index (χ0v) is 14.8. The number of carbonyl (C=O) groups excluding carboxylic acids is 2. The molecule has 1 aliphatic rings. The van der Waals surface area contributed by atoms with E-state index in [4.69, 9.17) is 11.6 Å². The molecule has 25 heavy (non-hydrogen) atoms. The van der Waals surface area contributed by atoms with Crippen molar-refractivity contribution in [2.75, 3.05) is 18.0 Å². The maximum atomic E-state index is 12.8. The van der Waals surface area contributed by atoms with Gasteiger partial charge in [-0.3, -0.25) is 9.59 Å². The predicted octanol–water partition coefficient (Wildman–Crippen LogP) is 3.23. The first-order chi connectivity index (χ1) is 11.9. The van der Waals surface area contributed by atoms with E-state index in [2.05, 4.69) is 0 Å². The molecule has 3 rings (SSSR count). The van der Waals surface area contributed by atoms with Crippen LogP contribution in [0.4, 0.5) is 5.69 Å². The van der Waals surface area contributed by atoms with Gasteiger partial charge in [-0.15, -0.1) is 0 Å². The molecule has 2 aromatic rings. The molecule has 0 saturated carbocycles. The maximum absolute atomic E-state index is 12.8. The first kappa shape index (κ1) is 17.3. The summed E-state index contributed by atoms with van der Waals surface area (Å²) in [7, 11) is 0. The van der Waals surface area contributed by atoms with Crippen molar-refractivity contribution in [3.8, 4) is 5.75 Å². The number of aryl methyl sites for hydroxylation is 1. The highest BCUT2D eigenvalue weighted by molar-refractivity contribution is 6.30. The maximum Gasteiger partial charge on any atom is 0.258 e. The molecule has 1 heterocycles. The van der Waals surface area contributed by atoms with Crippen LogP contribution >= 0.6 is 11.6 Å². The van der Waals surface area contributed by atoms with Gasteiger partial charge in [0.15, 0.2) is 0 Å².